The van der Waals surface area contributed by atoms with E-state index in [1.165, 1.54) is 0 Å². The van der Waals surface area contributed by atoms with Crippen LogP contribution in [0.3, 0.4) is 0 Å². The van der Waals surface area contributed by atoms with Gasteiger partial charge in [0.25, 0.3) is 0 Å². The zero-order chi connectivity index (χ0) is 13.8. The lowest BCUT2D eigenvalue weighted by Gasteiger charge is -2.15. The minimum Gasteiger partial charge on any atom is -0.334 e. The Bertz CT molecular complexity index is 525. The molecule has 19 heavy (non-hydrogen) atoms. The highest BCUT2D eigenvalue weighted by Crippen LogP contribution is 2.30. The van der Waals surface area contributed by atoms with Crippen LogP contribution in [0.4, 0.5) is 16.2 Å². The van der Waals surface area contributed by atoms with E-state index in [1.807, 2.05) is 18.2 Å². The molecule has 0 radical (unpaired) electrons. The van der Waals surface area contributed by atoms with Crippen LogP contribution < -0.4 is 15.5 Å². The normalized spacial score (nSPS) is 12.8. The van der Waals surface area contributed by atoms with Crippen molar-refractivity contribution < 1.29 is 9.59 Å². The van der Waals surface area contributed by atoms with Crippen LogP contribution in [0.2, 0.25) is 0 Å². The van der Waals surface area contributed by atoms with Crippen molar-refractivity contribution in [1.82, 2.24) is 5.32 Å². The summed E-state index contributed by atoms with van der Waals surface area (Å²) in [6.07, 6.45) is 2.47. The van der Waals surface area contributed by atoms with E-state index in [4.69, 9.17) is 0 Å². The highest BCUT2D eigenvalue weighted by atomic mass is 16.2. The van der Waals surface area contributed by atoms with Gasteiger partial charge in [-0.15, -0.1) is 6.58 Å². The second-order valence-electron chi connectivity index (χ2n) is 4.39. The van der Waals surface area contributed by atoms with Gasteiger partial charge in [0.1, 0.15) is 0 Å². The third kappa shape index (κ3) is 2.93. The van der Waals surface area contributed by atoms with Crippen molar-refractivity contribution in [1.29, 1.82) is 0 Å². The lowest BCUT2D eigenvalue weighted by Crippen LogP contribution is -2.29. The van der Waals surface area contributed by atoms with Crippen LogP contribution in [0.5, 0.6) is 0 Å². The van der Waals surface area contributed by atoms with Crippen molar-refractivity contribution in [2.24, 2.45) is 0 Å². The fraction of sp³-hybridized carbons (Fsp3) is 0.286. The van der Waals surface area contributed by atoms with Crippen molar-refractivity contribution >= 4 is 23.3 Å². The Kier molecular flexibility index (Phi) is 3.85. The largest absolute Gasteiger partial charge is 0.334 e. The number of nitrogens with zero attached hydrogens (tertiary/aromatic N) is 1. The summed E-state index contributed by atoms with van der Waals surface area (Å²) in [6, 6.07) is 5.33. The predicted molar refractivity (Wildman–Crippen MR) is 75.4 cm³/mol. The zero-order valence-electron chi connectivity index (χ0n) is 10.9. The lowest BCUT2D eigenvalue weighted by molar-refractivity contribution is -0.116. The molecule has 0 saturated heterocycles. The van der Waals surface area contributed by atoms with Gasteiger partial charge >= 0.3 is 6.03 Å². The second kappa shape index (κ2) is 5.56. The quantitative estimate of drug-likeness (QED) is 0.814. The number of benzene rings is 1. The van der Waals surface area contributed by atoms with Gasteiger partial charge in [0.05, 0.1) is 0 Å². The fourth-order valence-corrected chi connectivity index (χ4v) is 2.12. The molecule has 1 aliphatic rings. The Hall–Kier alpha value is -2.30. The van der Waals surface area contributed by atoms with Gasteiger partial charge in [0.15, 0.2) is 0 Å². The van der Waals surface area contributed by atoms with Gasteiger partial charge in [-0.25, -0.2) is 4.79 Å². The summed E-state index contributed by atoms with van der Waals surface area (Å²) >= 11 is 0. The number of nitrogens with one attached hydrogen (secondary N) is 2. The van der Waals surface area contributed by atoms with Gasteiger partial charge in [0, 0.05) is 31.4 Å². The van der Waals surface area contributed by atoms with E-state index in [0.717, 1.165) is 17.7 Å². The minimum atomic E-state index is -0.285. The highest BCUT2D eigenvalue weighted by Gasteiger charge is 2.22. The van der Waals surface area contributed by atoms with E-state index in [0.29, 0.717) is 18.8 Å². The first-order chi connectivity index (χ1) is 9.11. The summed E-state index contributed by atoms with van der Waals surface area (Å²) in [5.74, 6) is 0.0204. The SMILES string of the molecule is C=CCNC(=O)Nc1ccc2c(c1)N(C(C)=O)CC2. The molecule has 0 unspecified atom stereocenters. The smallest absolute Gasteiger partial charge is 0.319 e. The summed E-state index contributed by atoms with van der Waals surface area (Å²) in [6.45, 7) is 6.20. The molecular weight excluding hydrogens is 242 g/mol. The van der Waals surface area contributed by atoms with Crippen LogP contribution in [0.15, 0.2) is 30.9 Å². The van der Waals surface area contributed by atoms with Crippen LogP contribution in [0.25, 0.3) is 0 Å². The van der Waals surface area contributed by atoms with Gasteiger partial charge in [-0.3, -0.25) is 4.79 Å². The molecule has 5 nitrogen and oxygen atoms in total. The topological polar surface area (TPSA) is 61.4 Å². The molecule has 0 aliphatic carbocycles. The standard InChI is InChI=1S/C14H17N3O2/c1-3-7-15-14(19)16-12-5-4-11-6-8-17(10(2)18)13(11)9-12/h3-5,9H,1,6-8H2,2H3,(H2,15,16,19). The Morgan fingerprint density at radius 2 is 2.26 bits per heavy atom. The van der Waals surface area contributed by atoms with Crippen molar-refractivity contribution in [3.8, 4) is 0 Å². The molecule has 1 aromatic rings. The first-order valence-electron chi connectivity index (χ1n) is 6.18. The monoisotopic (exact) mass is 259 g/mol. The molecule has 0 atom stereocenters. The van der Waals surface area contributed by atoms with Crippen molar-refractivity contribution in [3.63, 3.8) is 0 Å². The number of carbonyl (C=O) groups excluding carboxylic acids is 2. The van der Waals surface area contributed by atoms with Crippen LogP contribution >= 0.6 is 0 Å². The van der Waals surface area contributed by atoms with E-state index in [1.54, 1.807) is 17.9 Å². The third-order valence-corrected chi connectivity index (χ3v) is 3.03. The van der Waals surface area contributed by atoms with E-state index in [2.05, 4.69) is 17.2 Å². The summed E-state index contributed by atoms with van der Waals surface area (Å²) in [7, 11) is 0. The Morgan fingerprint density at radius 1 is 1.47 bits per heavy atom. The minimum absolute atomic E-state index is 0.0204. The molecule has 1 heterocycles. The van der Waals surface area contributed by atoms with Crippen molar-refractivity contribution in [2.45, 2.75) is 13.3 Å². The molecule has 1 aliphatic heterocycles. The second-order valence-corrected chi connectivity index (χ2v) is 4.39. The third-order valence-electron chi connectivity index (χ3n) is 3.03. The first-order valence-corrected chi connectivity index (χ1v) is 6.18. The molecule has 0 spiro atoms. The maximum absolute atomic E-state index is 11.5. The molecule has 1 aromatic carbocycles. The summed E-state index contributed by atoms with van der Waals surface area (Å²) < 4.78 is 0. The van der Waals surface area contributed by atoms with E-state index < -0.39 is 0 Å². The number of fused-ring (bicyclic) bond motifs is 1. The number of carbonyl (C=O) groups is 2. The van der Waals surface area contributed by atoms with Crippen LogP contribution in [0.1, 0.15) is 12.5 Å². The molecule has 100 valence electrons. The first kappa shape index (κ1) is 13.1. The average Bonchev–Trinajstić information content (AvgIpc) is 2.79. The maximum Gasteiger partial charge on any atom is 0.319 e. The number of hydrogen-bond donors (Lipinski definition) is 2. The van der Waals surface area contributed by atoms with Gasteiger partial charge in [0.2, 0.25) is 5.91 Å². The Morgan fingerprint density at radius 3 is 2.95 bits per heavy atom. The number of amides is 3. The Labute approximate surface area is 112 Å². The Balaban J connectivity index is 2.12. The lowest BCUT2D eigenvalue weighted by atomic mass is 10.1. The van der Waals surface area contributed by atoms with Crippen LogP contribution in [0, 0.1) is 0 Å². The van der Waals surface area contributed by atoms with Gasteiger partial charge < -0.3 is 15.5 Å². The summed E-state index contributed by atoms with van der Waals surface area (Å²) in [4.78, 5) is 24.8. The molecule has 2 rings (SSSR count). The summed E-state index contributed by atoms with van der Waals surface area (Å²) in [5.41, 5.74) is 2.69. The molecule has 3 amide bonds. The highest BCUT2D eigenvalue weighted by molar-refractivity contribution is 5.96. The number of urea groups is 1. The van der Waals surface area contributed by atoms with Gasteiger partial charge in [-0.2, -0.15) is 0 Å². The van der Waals surface area contributed by atoms with Crippen molar-refractivity contribution in [3.05, 3.63) is 36.4 Å². The number of hydrogen-bond acceptors (Lipinski definition) is 2. The molecule has 0 aromatic heterocycles. The fourth-order valence-electron chi connectivity index (χ4n) is 2.12. The van der Waals surface area contributed by atoms with E-state index in [-0.39, 0.29) is 11.9 Å². The number of anilines is 2. The van der Waals surface area contributed by atoms with Gasteiger partial charge in [-0.05, 0) is 24.1 Å². The molecule has 0 fully saturated rings. The van der Waals surface area contributed by atoms with Crippen LogP contribution in [-0.2, 0) is 11.2 Å². The van der Waals surface area contributed by atoms with Crippen molar-refractivity contribution in [2.75, 3.05) is 23.3 Å². The van der Waals surface area contributed by atoms with Gasteiger partial charge in [-0.1, -0.05) is 12.1 Å². The molecule has 5 heteroatoms. The van der Waals surface area contributed by atoms with E-state index in [9.17, 15) is 9.59 Å². The van der Waals surface area contributed by atoms with Crippen LogP contribution in [-0.4, -0.2) is 25.0 Å². The molecule has 0 bridgehead atoms. The molecule has 0 saturated carbocycles. The zero-order valence-corrected chi connectivity index (χ0v) is 10.9. The summed E-state index contributed by atoms with van der Waals surface area (Å²) in [5, 5.41) is 5.36. The maximum atomic E-state index is 11.5. The predicted octanol–water partition coefficient (Wildman–Crippen LogP) is 1.90. The van der Waals surface area contributed by atoms with E-state index >= 15 is 0 Å². The molecule has 2 N–H and O–H groups in total. The molecular formula is C14H17N3O2. The number of rotatable bonds is 3. The average molecular weight is 259 g/mol.